The fourth-order valence-electron chi connectivity index (χ4n) is 3.91. The second-order valence-corrected chi connectivity index (χ2v) is 12.6. The Bertz CT molecular complexity index is 710. The molecule has 0 saturated heterocycles. The zero-order valence-corrected chi connectivity index (χ0v) is 23.8. The Morgan fingerprint density at radius 1 is 0.971 bits per heavy atom. The third-order valence-electron chi connectivity index (χ3n) is 5.42. The van der Waals surface area contributed by atoms with Gasteiger partial charge in [0.05, 0.1) is 23.4 Å². The van der Waals surface area contributed by atoms with E-state index in [1.54, 1.807) is 54.5 Å². The van der Waals surface area contributed by atoms with Crippen molar-refractivity contribution in [2.75, 3.05) is 13.7 Å². The van der Waals surface area contributed by atoms with E-state index in [0.717, 1.165) is 0 Å². The van der Waals surface area contributed by atoms with Crippen LogP contribution in [0.2, 0.25) is 0 Å². The highest BCUT2D eigenvalue weighted by atomic mass is 35.6. The van der Waals surface area contributed by atoms with E-state index in [1.165, 1.54) is 7.11 Å². The van der Waals surface area contributed by atoms with Gasteiger partial charge in [-0.3, -0.25) is 9.59 Å². The van der Waals surface area contributed by atoms with Crippen molar-refractivity contribution in [2.24, 2.45) is 23.2 Å². The van der Waals surface area contributed by atoms with Gasteiger partial charge in [0, 0.05) is 7.11 Å². The predicted molar refractivity (Wildman–Crippen MR) is 134 cm³/mol. The molecule has 0 saturated carbocycles. The zero-order valence-electron chi connectivity index (χ0n) is 21.6. The minimum absolute atomic E-state index is 0.259. The van der Waals surface area contributed by atoms with Gasteiger partial charge in [0.15, 0.2) is 0 Å². The Morgan fingerprint density at radius 2 is 1.50 bits per heavy atom. The van der Waals surface area contributed by atoms with Crippen molar-refractivity contribution in [3.8, 4) is 0 Å². The number of carbonyl (C=O) groups excluding carboxylic acids is 3. The average Bonchev–Trinajstić information content (AvgIpc) is 2.67. The SMILES string of the molecule is C=CC[C@H](C)[C@H](OC(=O)OCC(Cl)(Cl)Cl)[C@@H](C)C(=O)C(C)(C)[C@@H](OC)[C@H](C)C(=O)OC(C)(C)C. The van der Waals surface area contributed by atoms with Crippen molar-refractivity contribution in [1.29, 1.82) is 0 Å². The van der Waals surface area contributed by atoms with Crippen molar-refractivity contribution in [3.63, 3.8) is 0 Å². The smallest absolute Gasteiger partial charge is 0.460 e. The molecule has 7 nitrogen and oxygen atoms in total. The second-order valence-electron chi connectivity index (χ2n) is 10.1. The number of methoxy groups -OCH3 is 1. The lowest BCUT2D eigenvalue weighted by atomic mass is 9.70. The van der Waals surface area contributed by atoms with E-state index >= 15 is 0 Å². The molecule has 10 heteroatoms. The molecule has 0 heterocycles. The maximum Gasteiger partial charge on any atom is 0.508 e. The van der Waals surface area contributed by atoms with E-state index in [0.29, 0.717) is 6.42 Å². The molecule has 34 heavy (non-hydrogen) atoms. The van der Waals surface area contributed by atoms with Crippen molar-refractivity contribution in [1.82, 2.24) is 0 Å². The molecular formula is C24H39Cl3O7. The molecule has 198 valence electrons. The Kier molecular flexibility index (Phi) is 12.9. The summed E-state index contributed by atoms with van der Waals surface area (Å²) in [6, 6.07) is 0. The quantitative estimate of drug-likeness (QED) is 0.161. The van der Waals surface area contributed by atoms with E-state index in [9.17, 15) is 14.4 Å². The highest BCUT2D eigenvalue weighted by Crippen LogP contribution is 2.36. The van der Waals surface area contributed by atoms with Gasteiger partial charge in [-0.2, -0.15) is 0 Å². The molecule has 0 fully saturated rings. The summed E-state index contributed by atoms with van der Waals surface area (Å²) in [6.45, 7) is 17.0. The van der Waals surface area contributed by atoms with Gasteiger partial charge in [0.25, 0.3) is 0 Å². The molecule has 0 amide bonds. The summed E-state index contributed by atoms with van der Waals surface area (Å²) < 4.78 is 19.7. The number of Topliss-reactive ketones (excluding diaryl/α,β-unsaturated/α-hetero) is 1. The molecule has 0 radical (unpaired) electrons. The van der Waals surface area contributed by atoms with Crippen molar-refractivity contribution in [3.05, 3.63) is 12.7 Å². The Hall–Kier alpha value is -1.02. The first-order valence-electron chi connectivity index (χ1n) is 11.1. The molecule has 0 unspecified atom stereocenters. The van der Waals surface area contributed by atoms with Crippen LogP contribution in [-0.4, -0.2) is 53.2 Å². The third kappa shape index (κ3) is 10.7. The lowest BCUT2D eigenvalue weighted by Crippen LogP contribution is -2.50. The van der Waals surface area contributed by atoms with E-state index in [4.69, 9.17) is 53.8 Å². The number of allylic oxidation sites excluding steroid dienone is 1. The van der Waals surface area contributed by atoms with Crippen LogP contribution in [0.5, 0.6) is 0 Å². The van der Waals surface area contributed by atoms with Gasteiger partial charge in [-0.1, -0.05) is 68.6 Å². The van der Waals surface area contributed by atoms with Crippen LogP contribution in [-0.2, 0) is 28.5 Å². The molecule has 0 N–H and O–H groups in total. The molecular weight excluding hydrogens is 507 g/mol. The van der Waals surface area contributed by atoms with Gasteiger partial charge in [-0.25, -0.2) is 4.79 Å². The van der Waals surface area contributed by atoms with Crippen molar-refractivity contribution >= 4 is 52.7 Å². The summed E-state index contributed by atoms with van der Waals surface area (Å²) >= 11 is 16.9. The van der Waals surface area contributed by atoms with Crippen LogP contribution in [0.3, 0.4) is 0 Å². The predicted octanol–water partition coefficient (Wildman–Crippen LogP) is 6.31. The van der Waals surface area contributed by atoms with E-state index in [1.807, 2.05) is 6.92 Å². The first-order valence-corrected chi connectivity index (χ1v) is 12.2. The highest BCUT2D eigenvalue weighted by molar-refractivity contribution is 6.67. The number of ketones is 1. The van der Waals surface area contributed by atoms with Crippen LogP contribution >= 0.6 is 34.8 Å². The van der Waals surface area contributed by atoms with Crippen LogP contribution in [0, 0.1) is 23.2 Å². The van der Waals surface area contributed by atoms with Crippen LogP contribution in [0.4, 0.5) is 4.79 Å². The summed E-state index contributed by atoms with van der Waals surface area (Å²) in [6.07, 6.45) is -0.567. The number of esters is 1. The Morgan fingerprint density at radius 3 is 1.91 bits per heavy atom. The minimum Gasteiger partial charge on any atom is -0.460 e. The van der Waals surface area contributed by atoms with Crippen molar-refractivity contribution in [2.45, 2.75) is 83.4 Å². The van der Waals surface area contributed by atoms with Gasteiger partial charge >= 0.3 is 12.1 Å². The molecule has 0 aliphatic heterocycles. The summed E-state index contributed by atoms with van der Waals surface area (Å²) in [5, 5.41) is 0. The molecule has 0 rings (SSSR count). The summed E-state index contributed by atoms with van der Waals surface area (Å²) in [5.74, 6) is -2.50. The maximum atomic E-state index is 13.7. The van der Waals surface area contributed by atoms with E-state index in [-0.39, 0.29) is 11.7 Å². The zero-order chi connectivity index (χ0) is 27.1. The van der Waals surface area contributed by atoms with Gasteiger partial charge < -0.3 is 18.9 Å². The number of halogens is 3. The standard InChI is InChI=1S/C24H39Cl3O7/c1-11-12-14(2)17(33-21(30)32-13-24(25,26)27)15(3)18(28)23(8,9)19(31-10)16(4)20(29)34-22(5,6)7/h11,14-17,19H,1,12-13H2,2-10H3/t14-,15+,16-,17-,19-/m0/s1. The second kappa shape index (κ2) is 13.3. The topological polar surface area (TPSA) is 88.1 Å². The molecule has 0 bridgehead atoms. The minimum atomic E-state index is -1.80. The van der Waals surface area contributed by atoms with Gasteiger partial charge in [0.2, 0.25) is 3.79 Å². The average molecular weight is 546 g/mol. The maximum absolute atomic E-state index is 13.7. The summed E-state index contributed by atoms with van der Waals surface area (Å²) in [4.78, 5) is 38.6. The first kappa shape index (κ1) is 33.0. The number of hydrogen-bond acceptors (Lipinski definition) is 7. The summed E-state index contributed by atoms with van der Waals surface area (Å²) in [7, 11) is 1.44. The summed E-state index contributed by atoms with van der Waals surface area (Å²) in [5.41, 5.74) is -1.81. The molecule has 0 aromatic heterocycles. The highest BCUT2D eigenvalue weighted by Gasteiger charge is 2.47. The molecule has 0 aromatic carbocycles. The fourth-order valence-corrected chi connectivity index (χ4v) is 4.08. The van der Waals surface area contributed by atoms with E-state index < -0.39 is 57.6 Å². The third-order valence-corrected chi connectivity index (χ3v) is 5.75. The Labute approximate surface area is 218 Å². The van der Waals surface area contributed by atoms with Crippen molar-refractivity contribution < 1.29 is 33.3 Å². The lowest BCUT2D eigenvalue weighted by Gasteiger charge is -2.39. The number of carbonyl (C=O) groups is 3. The number of ether oxygens (including phenoxy) is 4. The lowest BCUT2D eigenvalue weighted by molar-refractivity contribution is -0.170. The van der Waals surface area contributed by atoms with E-state index in [2.05, 4.69) is 6.58 Å². The van der Waals surface area contributed by atoms with Crippen LogP contribution in [0.25, 0.3) is 0 Å². The molecule has 0 aromatic rings. The fraction of sp³-hybridized carbons (Fsp3) is 0.792. The number of rotatable bonds is 12. The number of hydrogen-bond donors (Lipinski definition) is 0. The van der Waals surface area contributed by atoms with Crippen LogP contribution < -0.4 is 0 Å². The van der Waals surface area contributed by atoms with Gasteiger partial charge in [-0.05, 0) is 40.0 Å². The van der Waals surface area contributed by atoms with Gasteiger partial charge in [0.1, 0.15) is 24.1 Å². The number of alkyl halides is 3. The monoisotopic (exact) mass is 544 g/mol. The van der Waals surface area contributed by atoms with Crippen LogP contribution in [0.15, 0.2) is 12.7 Å². The Balaban J connectivity index is 5.80. The molecule has 5 atom stereocenters. The molecule has 0 aliphatic rings. The van der Waals surface area contributed by atoms with Gasteiger partial charge in [-0.15, -0.1) is 6.58 Å². The van der Waals surface area contributed by atoms with Crippen LogP contribution in [0.1, 0.15) is 61.8 Å². The molecule has 0 aliphatic carbocycles. The normalized spacial score (nSPS) is 17.1. The first-order chi connectivity index (χ1) is 15.3. The largest absolute Gasteiger partial charge is 0.508 e. The molecule has 0 spiro atoms.